The molecule has 19 heavy (non-hydrogen) atoms. The summed E-state index contributed by atoms with van der Waals surface area (Å²) in [5.41, 5.74) is 2.73. The van der Waals surface area contributed by atoms with E-state index in [1.807, 2.05) is 6.07 Å². The zero-order valence-corrected chi connectivity index (χ0v) is 12.6. The van der Waals surface area contributed by atoms with Crippen LogP contribution in [0, 0.1) is 5.92 Å². The molecule has 2 aliphatic rings. The van der Waals surface area contributed by atoms with Crippen molar-refractivity contribution >= 4 is 17.3 Å². The van der Waals surface area contributed by atoms with Gasteiger partial charge < -0.3 is 10.2 Å². The van der Waals surface area contributed by atoms with E-state index >= 15 is 0 Å². The van der Waals surface area contributed by atoms with Crippen molar-refractivity contribution < 1.29 is 0 Å². The Morgan fingerprint density at radius 1 is 1.37 bits per heavy atom. The number of nitrogens with zero attached hydrogens (tertiary/aromatic N) is 1. The van der Waals surface area contributed by atoms with Gasteiger partial charge in [-0.05, 0) is 48.9 Å². The van der Waals surface area contributed by atoms with E-state index in [-0.39, 0.29) is 0 Å². The van der Waals surface area contributed by atoms with Crippen molar-refractivity contribution in [1.29, 1.82) is 0 Å². The van der Waals surface area contributed by atoms with E-state index in [2.05, 4.69) is 36.2 Å². The van der Waals surface area contributed by atoms with E-state index in [0.29, 0.717) is 6.04 Å². The van der Waals surface area contributed by atoms with Crippen molar-refractivity contribution in [1.82, 2.24) is 5.32 Å². The topological polar surface area (TPSA) is 15.3 Å². The molecule has 0 aromatic heterocycles. The molecule has 2 fully saturated rings. The Hall–Kier alpha value is -0.730. The number of fused-ring (bicyclic) bond motifs is 2. The number of anilines is 1. The van der Waals surface area contributed by atoms with E-state index in [4.69, 9.17) is 11.6 Å². The fourth-order valence-electron chi connectivity index (χ4n) is 3.51. The summed E-state index contributed by atoms with van der Waals surface area (Å²) < 4.78 is 0. The molecule has 0 radical (unpaired) electrons. The largest absolute Gasteiger partial charge is 0.368 e. The predicted molar refractivity (Wildman–Crippen MR) is 81.9 cm³/mol. The number of nitrogens with one attached hydrogen (secondary N) is 1. The van der Waals surface area contributed by atoms with Crippen LogP contribution in [-0.4, -0.2) is 18.6 Å². The highest BCUT2D eigenvalue weighted by atomic mass is 35.5. The summed E-state index contributed by atoms with van der Waals surface area (Å²) in [5, 5.41) is 4.35. The SMILES string of the molecule is CC(C)NCc1cc(Cl)ccc1N1CC2CCC1C2. The second-order valence-corrected chi connectivity index (χ2v) is 6.73. The highest BCUT2D eigenvalue weighted by Crippen LogP contribution is 2.41. The third kappa shape index (κ3) is 2.75. The lowest BCUT2D eigenvalue weighted by Crippen LogP contribution is -2.33. The first kappa shape index (κ1) is 13.3. The summed E-state index contributed by atoms with van der Waals surface area (Å²) in [4.78, 5) is 2.61. The van der Waals surface area contributed by atoms with Crippen molar-refractivity contribution in [3.63, 3.8) is 0 Å². The minimum atomic E-state index is 0.502. The van der Waals surface area contributed by atoms with Gasteiger partial charge in [-0.1, -0.05) is 25.4 Å². The average molecular weight is 279 g/mol. The number of benzene rings is 1. The summed E-state index contributed by atoms with van der Waals surface area (Å²) >= 11 is 6.17. The van der Waals surface area contributed by atoms with E-state index in [1.165, 1.54) is 37.1 Å². The molecule has 1 aromatic carbocycles. The molecule has 2 atom stereocenters. The smallest absolute Gasteiger partial charge is 0.0415 e. The van der Waals surface area contributed by atoms with Gasteiger partial charge in [0.25, 0.3) is 0 Å². The van der Waals surface area contributed by atoms with Crippen LogP contribution in [-0.2, 0) is 6.54 Å². The molecule has 104 valence electrons. The molecule has 1 N–H and O–H groups in total. The van der Waals surface area contributed by atoms with Crippen LogP contribution in [0.3, 0.4) is 0 Å². The Labute approximate surface area is 121 Å². The summed E-state index contributed by atoms with van der Waals surface area (Å²) in [6.07, 6.45) is 4.18. The average Bonchev–Trinajstić information content (AvgIpc) is 2.98. The van der Waals surface area contributed by atoms with Crippen LogP contribution in [0.5, 0.6) is 0 Å². The lowest BCUT2D eigenvalue weighted by atomic mass is 10.1. The summed E-state index contributed by atoms with van der Waals surface area (Å²) in [5.74, 6) is 0.923. The van der Waals surface area contributed by atoms with E-state index in [9.17, 15) is 0 Å². The number of hydrogen-bond acceptors (Lipinski definition) is 2. The highest BCUT2D eigenvalue weighted by Gasteiger charge is 2.38. The van der Waals surface area contributed by atoms with Crippen LogP contribution in [0.15, 0.2) is 18.2 Å². The minimum absolute atomic E-state index is 0.502. The van der Waals surface area contributed by atoms with E-state index in [1.54, 1.807) is 0 Å². The monoisotopic (exact) mass is 278 g/mol. The molecule has 3 rings (SSSR count). The quantitative estimate of drug-likeness (QED) is 0.901. The zero-order valence-electron chi connectivity index (χ0n) is 11.8. The van der Waals surface area contributed by atoms with Crippen LogP contribution >= 0.6 is 11.6 Å². The number of piperidine rings is 1. The van der Waals surface area contributed by atoms with Gasteiger partial charge in [0, 0.05) is 35.9 Å². The molecule has 1 heterocycles. The van der Waals surface area contributed by atoms with Gasteiger partial charge in [0.2, 0.25) is 0 Å². The van der Waals surface area contributed by atoms with Crippen LogP contribution < -0.4 is 10.2 Å². The molecule has 0 spiro atoms. The standard InChI is InChI=1S/C16H23ClN2/c1-11(2)18-9-13-8-14(17)4-6-16(13)19-10-12-3-5-15(19)7-12/h4,6,8,11-12,15,18H,3,5,7,9-10H2,1-2H3. The first-order valence-electron chi connectivity index (χ1n) is 7.42. The normalized spacial score (nSPS) is 25.6. The molecule has 2 unspecified atom stereocenters. The van der Waals surface area contributed by atoms with Crippen molar-refractivity contribution in [2.24, 2.45) is 5.92 Å². The van der Waals surface area contributed by atoms with E-state index in [0.717, 1.165) is 23.5 Å². The Morgan fingerprint density at radius 2 is 2.21 bits per heavy atom. The Kier molecular flexibility index (Phi) is 3.72. The maximum Gasteiger partial charge on any atom is 0.0415 e. The number of hydrogen-bond donors (Lipinski definition) is 1. The molecule has 2 nitrogen and oxygen atoms in total. The first-order valence-corrected chi connectivity index (χ1v) is 7.79. The van der Waals surface area contributed by atoms with Crippen molar-refractivity contribution in [3.05, 3.63) is 28.8 Å². The van der Waals surface area contributed by atoms with E-state index < -0.39 is 0 Å². The van der Waals surface area contributed by atoms with Gasteiger partial charge in [0.1, 0.15) is 0 Å². The number of rotatable bonds is 4. The van der Waals surface area contributed by atoms with Gasteiger partial charge in [0.05, 0.1) is 0 Å². The van der Waals surface area contributed by atoms with Gasteiger partial charge in [-0.25, -0.2) is 0 Å². The van der Waals surface area contributed by atoms with Gasteiger partial charge >= 0.3 is 0 Å². The highest BCUT2D eigenvalue weighted by molar-refractivity contribution is 6.30. The maximum absolute atomic E-state index is 6.17. The second kappa shape index (κ2) is 5.34. The first-order chi connectivity index (χ1) is 9.13. The third-order valence-corrected chi connectivity index (χ3v) is 4.70. The maximum atomic E-state index is 6.17. The molecule has 0 amide bonds. The Bertz CT molecular complexity index is 458. The predicted octanol–water partition coefficient (Wildman–Crippen LogP) is 3.83. The van der Waals surface area contributed by atoms with Crippen LogP contribution in [0.25, 0.3) is 0 Å². The lowest BCUT2D eigenvalue weighted by molar-refractivity contribution is 0.548. The Balaban J connectivity index is 1.83. The molecular weight excluding hydrogens is 256 g/mol. The molecule has 1 saturated carbocycles. The lowest BCUT2D eigenvalue weighted by Gasteiger charge is -2.31. The van der Waals surface area contributed by atoms with Gasteiger partial charge in [0.15, 0.2) is 0 Å². The van der Waals surface area contributed by atoms with Crippen LogP contribution in [0.4, 0.5) is 5.69 Å². The van der Waals surface area contributed by atoms with Crippen molar-refractivity contribution in [2.75, 3.05) is 11.4 Å². The number of halogens is 1. The molecule has 2 bridgehead atoms. The third-order valence-electron chi connectivity index (χ3n) is 4.46. The minimum Gasteiger partial charge on any atom is -0.368 e. The van der Waals surface area contributed by atoms with Crippen LogP contribution in [0.2, 0.25) is 5.02 Å². The molecule has 1 aliphatic heterocycles. The van der Waals surface area contributed by atoms with Crippen LogP contribution in [0.1, 0.15) is 38.7 Å². The van der Waals surface area contributed by atoms with Gasteiger partial charge in [-0.15, -0.1) is 0 Å². The summed E-state index contributed by atoms with van der Waals surface area (Å²) in [6, 6.07) is 7.63. The summed E-state index contributed by atoms with van der Waals surface area (Å²) in [7, 11) is 0. The molecule has 1 aromatic rings. The molecule has 1 aliphatic carbocycles. The summed E-state index contributed by atoms with van der Waals surface area (Å²) in [6.45, 7) is 6.51. The van der Waals surface area contributed by atoms with Gasteiger partial charge in [-0.2, -0.15) is 0 Å². The fraction of sp³-hybridized carbons (Fsp3) is 0.625. The molecule has 1 saturated heterocycles. The fourth-order valence-corrected chi connectivity index (χ4v) is 3.70. The zero-order chi connectivity index (χ0) is 13.4. The Morgan fingerprint density at radius 3 is 2.84 bits per heavy atom. The van der Waals surface area contributed by atoms with Gasteiger partial charge in [-0.3, -0.25) is 0 Å². The molecular formula is C16H23ClN2. The van der Waals surface area contributed by atoms with Crippen molar-refractivity contribution in [3.8, 4) is 0 Å². The second-order valence-electron chi connectivity index (χ2n) is 6.29. The molecule has 3 heteroatoms. The van der Waals surface area contributed by atoms with Crippen molar-refractivity contribution in [2.45, 2.75) is 51.7 Å².